The maximum Gasteiger partial charge on any atom is 0.330 e. The Morgan fingerprint density at radius 3 is 2.72 bits per heavy atom. The second-order valence-electron chi connectivity index (χ2n) is 3.30. The van der Waals surface area contributed by atoms with Crippen LogP contribution in [0.2, 0.25) is 0 Å². The van der Waals surface area contributed by atoms with Crippen molar-refractivity contribution in [2.75, 3.05) is 0 Å². The van der Waals surface area contributed by atoms with Crippen molar-refractivity contribution in [3.8, 4) is 17.2 Å². The molecule has 1 N–H and O–H groups in total. The van der Waals surface area contributed by atoms with E-state index in [0.717, 1.165) is 6.20 Å². The van der Waals surface area contributed by atoms with Gasteiger partial charge in [-0.3, -0.25) is 15.1 Å². The van der Waals surface area contributed by atoms with Crippen molar-refractivity contribution in [1.29, 1.82) is 0 Å². The molecular weight excluding hydrogens is 304 g/mol. The zero-order valence-electron chi connectivity index (χ0n) is 8.91. The number of rotatable bonds is 3. The summed E-state index contributed by atoms with van der Waals surface area (Å²) in [7, 11) is 0. The van der Waals surface area contributed by atoms with E-state index in [0.29, 0.717) is 4.47 Å². The van der Waals surface area contributed by atoms with E-state index in [-0.39, 0.29) is 22.9 Å². The lowest BCUT2D eigenvalue weighted by molar-refractivity contribution is -0.386. The number of hydrogen-bond donors (Lipinski definition) is 1. The van der Waals surface area contributed by atoms with Crippen LogP contribution >= 0.6 is 15.9 Å². The van der Waals surface area contributed by atoms with Crippen molar-refractivity contribution in [1.82, 2.24) is 4.98 Å². The smallest absolute Gasteiger partial charge is 0.330 e. The number of phenolic OH excluding ortho intramolecular Hbond substituents is 1. The minimum atomic E-state index is -0.604. The first kappa shape index (κ1) is 12.3. The largest absolute Gasteiger partial charge is 0.504 e. The SMILES string of the molecule is O=[N+]([O-])c1cncc(Br)c1Oc1ccccc1O. The van der Waals surface area contributed by atoms with Crippen molar-refractivity contribution in [2.45, 2.75) is 0 Å². The number of benzene rings is 1. The highest BCUT2D eigenvalue weighted by Gasteiger charge is 2.20. The van der Waals surface area contributed by atoms with E-state index >= 15 is 0 Å². The van der Waals surface area contributed by atoms with E-state index in [4.69, 9.17) is 4.74 Å². The van der Waals surface area contributed by atoms with Gasteiger partial charge >= 0.3 is 5.69 Å². The Kier molecular flexibility index (Phi) is 3.42. The second-order valence-corrected chi connectivity index (χ2v) is 4.15. The molecule has 0 saturated carbocycles. The molecule has 0 aliphatic rings. The quantitative estimate of drug-likeness (QED) is 0.694. The molecule has 0 unspecified atom stereocenters. The Morgan fingerprint density at radius 2 is 2.06 bits per heavy atom. The van der Waals surface area contributed by atoms with Gasteiger partial charge in [0.15, 0.2) is 11.5 Å². The Bertz CT molecular complexity index is 603. The maximum atomic E-state index is 10.9. The molecular formula is C11H7BrN2O4. The molecule has 0 atom stereocenters. The van der Waals surface area contributed by atoms with Gasteiger partial charge in [0, 0.05) is 6.20 Å². The van der Waals surface area contributed by atoms with Crippen LogP contribution in [0.3, 0.4) is 0 Å². The second kappa shape index (κ2) is 5.01. The summed E-state index contributed by atoms with van der Waals surface area (Å²) in [5.74, 6) is 0.0273. The summed E-state index contributed by atoms with van der Waals surface area (Å²) in [5, 5.41) is 20.4. The Hall–Kier alpha value is -2.15. The molecule has 0 bridgehead atoms. The van der Waals surface area contributed by atoms with Gasteiger partial charge in [-0.05, 0) is 28.1 Å². The van der Waals surface area contributed by atoms with Gasteiger partial charge in [-0.1, -0.05) is 12.1 Å². The Morgan fingerprint density at radius 1 is 1.33 bits per heavy atom. The molecule has 0 aliphatic carbocycles. The van der Waals surface area contributed by atoms with Crippen molar-refractivity contribution >= 4 is 21.6 Å². The summed E-state index contributed by atoms with van der Waals surface area (Å²) in [4.78, 5) is 13.9. The zero-order valence-corrected chi connectivity index (χ0v) is 10.5. The molecule has 0 aliphatic heterocycles. The fourth-order valence-electron chi connectivity index (χ4n) is 1.30. The summed E-state index contributed by atoms with van der Waals surface area (Å²) in [5.41, 5.74) is -0.285. The number of ether oxygens (including phenoxy) is 1. The lowest BCUT2D eigenvalue weighted by Gasteiger charge is -2.08. The number of nitrogens with zero attached hydrogens (tertiary/aromatic N) is 2. The highest BCUT2D eigenvalue weighted by molar-refractivity contribution is 9.10. The summed E-state index contributed by atoms with van der Waals surface area (Å²) < 4.78 is 5.69. The Labute approximate surface area is 110 Å². The topological polar surface area (TPSA) is 85.5 Å². The van der Waals surface area contributed by atoms with Crippen LogP contribution < -0.4 is 4.74 Å². The summed E-state index contributed by atoms with van der Waals surface area (Å²) in [6.07, 6.45) is 2.46. The number of nitro groups is 1. The van der Waals surface area contributed by atoms with Gasteiger partial charge in [-0.25, -0.2) is 0 Å². The van der Waals surface area contributed by atoms with E-state index in [9.17, 15) is 15.2 Å². The van der Waals surface area contributed by atoms with E-state index in [1.54, 1.807) is 12.1 Å². The first-order valence-electron chi connectivity index (χ1n) is 4.83. The first-order chi connectivity index (χ1) is 8.59. The summed E-state index contributed by atoms with van der Waals surface area (Å²) in [6, 6.07) is 6.20. The molecule has 1 heterocycles. The monoisotopic (exact) mass is 310 g/mol. The minimum absolute atomic E-state index is 0.00324. The number of aromatic nitrogens is 1. The van der Waals surface area contributed by atoms with Crippen LogP contribution in [0.1, 0.15) is 0 Å². The van der Waals surface area contributed by atoms with Crippen LogP contribution in [0.15, 0.2) is 41.1 Å². The van der Waals surface area contributed by atoms with Crippen LogP contribution in [0.4, 0.5) is 5.69 Å². The predicted octanol–water partition coefficient (Wildman–Crippen LogP) is 3.25. The van der Waals surface area contributed by atoms with Gasteiger partial charge in [0.2, 0.25) is 5.75 Å². The summed E-state index contributed by atoms with van der Waals surface area (Å²) in [6.45, 7) is 0. The van der Waals surface area contributed by atoms with Crippen molar-refractivity contribution in [3.05, 3.63) is 51.2 Å². The van der Waals surface area contributed by atoms with Crippen LogP contribution in [0.5, 0.6) is 17.2 Å². The highest BCUT2D eigenvalue weighted by Crippen LogP contribution is 2.39. The maximum absolute atomic E-state index is 10.9. The number of para-hydroxylation sites is 2. The lowest BCUT2D eigenvalue weighted by Crippen LogP contribution is -1.95. The molecule has 0 amide bonds. The number of hydrogen-bond acceptors (Lipinski definition) is 5. The average Bonchev–Trinajstić information content (AvgIpc) is 2.34. The van der Waals surface area contributed by atoms with E-state index in [2.05, 4.69) is 20.9 Å². The van der Waals surface area contributed by atoms with Gasteiger partial charge < -0.3 is 9.84 Å². The third-order valence-electron chi connectivity index (χ3n) is 2.11. The number of aromatic hydroxyl groups is 1. The molecule has 0 spiro atoms. The van der Waals surface area contributed by atoms with Crippen LogP contribution in [0.25, 0.3) is 0 Å². The molecule has 7 heteroatoms. The van der Waals surface area contributed by atoms with E-state index < -0.39 is 4.92 Å². The van der Waals surface area contributed by atoms with E-state index in [1.165, 1.54) is 18.3 Å². The molecule has 0 radical (unpaired) electrons. The molecule has 2 rings (SSSR count). The molecule has 92 valence electrons. The fraction of sp³-hybridized carbons (Fsp3) is 0. The molecule has 0 saturated heterocycles. The lowest BCUT2D eigenvalue weighted by atomic mass is 10.3. The number of phenols is 1. The van der Waals surface area contributed by atoms with Crippen LogP contribution in [-0.2, 0) is 0 Å². The molecule has 18 heavy (non-hydrogen) atoms. The molecule has 0 fully saturated rings. The third-order valence-corrected chi connectivity index (χ3v) is 2.67. The van der Waals surface area contributed by atoms with Crippen molar-refractivity contribution in [3.63, 3.8) is 0 Å². The predicted molar refractivity (Wildman–Crippen MR) is 66.8 cm³/mol. The third kappa shape index (κ3) is 2.40. The van der Waals surface area contributed by atoms with Crippen molar-refractivity contribution < 1.29 is 14.8 Å². The van der Waals surface area contributed by atoms with Crippen LogP contribution in [-0.4, -0.2) is 15.0 Å². The summed E-state index contributed by atoms with van der Waals surface area (Å²) >= 11 is 3.12. The van der Waals surface area contributed by atoms with Gasteiger partial charge in [-0.2, -0.15) is 0 Å². The average molecular weight is 311 g/mol. The molecule has 2 aromatic rings. The molecule has 1 aromatic carbocycles. The zero-order chi connectivity index (χ0) is 13.1. The van der Waals surface area contributed by atoms with Gasteiger partial charge in [0.25, 0.3) is 0 Å². The van der Waals surface area contributed by atoms with Gasteiger partial charge in [0.1, 0.15) is 6.20 Å². The number of pyridine rings is 1. The van der Waals surface area contributed by atoms with Gasteiger partial charge in [-0.15, -0.1) is 0 Å². The Balaban J connectivity index is 2.46. The first-order valence-corrected chi connectivity index (χ1v) is 5.62. The minimum Gasteiger partial charge on any atom is -0.504 e. The van der Waals surface area contributed by atoms with Crippen LogP contribution in [0, 0.1) is 10.1 Å². The van der Waals surface area contributed by atoms with Crippen molar-refractivity contribution in [2.24, 2.45) is 0 Å². The van der Waals surface area contributed by atoms with E-state index in [1.807, 2.05) is 0 Å². The fourth-order valence-corrected chi connectivity index (χ4v) is 1.70. The molecule has 6 nitrogen and oxygen atoms in total. The van der Waals surface area contributed by atoms with Gasteiger partial charge in [0.05, 0.1) is 9.40 Å². The standard InChI is InChI=1S/C11H7BrN2O4/c12-7-5-13-6-8(14(16)17)11(7)18-10-4-2-1-3-9(10)15/h1-6,15H. The highest BCUT2D eigenvalue weighted by atomic mass is 79.9. The normalized spacial score (nSPS) is 10.1. The molecule has 1 aromatic heterocycles. The number of halogens is 1.